The van der Waals surface area contributed by atoms with Gasteiger partial charge in [-0.25, -0.2) is 9.97 Å². The molecule has 0 saturated heterocycles. The third-order valence-electron chi connectivity index (χ3n) is 3.83. The van der Waals surface area contributed by atoms with Gasteiger partial charge in [0.1, 0.15) is 11.3 Å². The zero-order chi connectivity index (χ0) is 18.0. The van der Waals surface area contributed by atoms with Crippen LogP contribution in [0.25, 0.3) is 16.8 Å². The smallest absolute Gasteiger partial charge is 0.417 e. The standard InChI is InChI=1S/C18H17F3N2O2/c1-3-11-6-5-7-13(15(8-11)24-4-2)16-23-14-9-12(18(19,20)21)10-22-17(14)25-16/h5-11H,3-4H2,1-2H3. The lowest BCUT2D eigenvalue weighted by atomic mass is 10.1. The molecule has 1 aliphatic carbocycles. The molecule has 0 fully saturated rings. The molecule has 0 bridgehead atoms. The Bertz CT molecular complexity index is 863. The first-order chi connectivity index (χ1) is 11.9. The highest BCUT2D eigenvalue weighted by atomic mass is 19.4. The molecule has 3 rings (SSSR count). The van der Waals surface area contributed by atoms with E-state index in [2.05, 4.69) is 16.9 Å². The number of allylic oxidation sites excluding steroid dienone is 5. The van der Waals surface area contributed by atoms with Gasteiger partial charge in [-0.1, -0.05) is 19.1 Å². The van der Waals surface area contributed by atoms with Crippen LogP contribution in [0.5, 0.6) is 0 Å². The molecule has 0 aliphatic heterocycles. The maximum atomic E-state index is 12.8. The maximum absolute atomic E-state index is 12.8. The van der Waals surface area contributed by atoms with Gasteiger partial charge in [-0.15, -0.1) is 0 Å². The van der Waals surface area contributed by atoms with Crippen molar-refractivity contribution in [2.24, 2.45) is 5.92 Å². The second-order valence-electron chi connectivity index (χ2n) is 5.57. The third-order valence-corrected chi connectivity index (χ3v) is 3.83. The van der Waals surface area contributed by atoms with Crippen molar-refractivity contribution in [3.63, 3.8) is 0 Å². The van der Waals surface area contributed by atoms with Gasteiger partial charge in [-0.2, -0.15) is 13.2 Å². The lowest BCUT2D eigenvalue weighted by molar-refractivity contribution is -0.137. The molecule has 132 valence electrons. The summed E-state index contributed by atoms with van der Waals surface area (Å²) in [5.74, 6) is 0.986. The van der Waals surface area contributed by atoms with Crippen LogP contribution in [-0.2, 0) is 10.9 Å². The van der Waals surface area contributed by atoms with Crippen molar-refractivity contribution >= 4 is 16.8 Å². The number of nitrogens with zero attached hydrogens (tertiary/aromatic N) is 2. The summed E-state index contributed by atoms with van der Waals surface area (Å²) in [6.07, 6.45) is 4.80. The molecule has 1 atom stereocenters. The first-order valence-corrected chi connectivity index (χ1v) is 8.00. The summed E-state index contributed by atoms with van der Waals surface area (Å²) in [5.41, 5.74) is -0.163. The number of hydrogen-bond acceptors (Lipinski definition) is 4. The Hall–Kier alpha value is -2.57. The summed E-state index contributed by atoms with van der Waals surface area (Å²) >= 11 is 0. The van der Waals surface area contributed by atoms with Crippen LogP contribution in [0.15, 0.2) is 46.7 Å². The maximum Gasteiger partial charge on any atom is 0.417 e. The zero-order valence-electron chi connectivity index (χ0n) is 13.8. The third kappa shape index (κ3) is 3.60. The van der Waals surface area contributed by atoms with E-state index in [1.54, 1.807) is 6.08 Å². The van der Waals surface area contributed by atoms with Crippen LogP contribution in [-0.4, -0.2) is 16.6 Å². The van der Waals surface area contributed by atoms with E-state index >= 15 is 0 Å². The van der Waals surface area contributed by atoms with E-state index in [1.807, 2.05) is 25.2 Å². The number of ether oxygens (including phenoxy) is 1. The Kier molecular flexibility index (Phi) is 4.65. The number of rotatable bonds is 4. The summed E-state index contributed by atoms with van der Waals surface area (Å²) in [7, 11) is 0. The quantitative estimate of drug-likeness (QED) is 0.766. The first-order valence-electron chi connectivity index (χ1n) is 8.00. The second kappa shape index (κ2) is 6.74. The van der Waals surface area contributed by atoms with Crippen molar-refractivity contribution in [3.8, 4) is 0 Å². The topological polar surface area (TPSA) is 48.2 Å². The van der Waals surface area contributed by atoms with Gasteiger partial charge in [-0.3, -0.25) is 0 Å². The fourth-order valence-corrected chi connectivity index (χ4v) is 2.52. The molecule has 25 heavy (non-hydrogen) atoms. The van der Waals surface area contributed by atoms with Gasteiger partial charge in [0.15, 0.2) is 0 Å². The van der Waals surface area contributed by atoms with Gasteiger partial charge in [0.2, 0.25) is 11.6 Å². The van der Waals surface area contributed by atoms with Crippen molar-refractivity contribution in [2.45, 2.75) is 26.4 Å². The van der Waals surface area contributed by atoms with Crippen LogP contribution < -0.4 is 0 Å². The average molecular weight is 350 g/mol. The van der Waals surface area contributed by atoms with Crippen molar-refractivity contribution in [3.05, 3.63) is 53.8 Å². The summed E-state index contributed by atoms with van der Waals surface area (Å²) in [5, 5.41) is 0. The van der Waals surface area contributed by atoms with E-state index in [-0.39, 0.29) is 23.0 Å². The van der Waals surface area contributed by atoms with Gasteiger partial charge >= 0.3 is 6.18 Å². The number of fused-ring (bicyclic) bond motifs is 1. The molecular weight excluding hydrogens is 333 g/mol. The van der Waals surface area contributed by atoms with Crippen LogP contribution in [0.3, 0.4) is 0 Å². The molecule has 0 radical (unpaired) electrons. The van der Waals surface area contributed by atoms with Gasteiger partial charge in [0, 0.05) is 6.20 Å². The summed E-state index contributed by atoms with van der Waals surface area (Å²) in [6.45, 7) is 4.37. The molecule has 1 aliphatic rings. The van der Waals surface area contributed by atoms with Gasteiger partial charge in [0.05, 0.1) is 17.7 Å². The molecule has 0 saturated carbocycles. The Labute approximate surface area is 142 Å². The summed E-state index contributed by atoms with van der Waals surface area (Å²) in [6, 6.07) is 0.932. The number of oxazole rings is 1. The van der Waals surface area contributed by atoms with E-state index in [9.17, 15) is 13.2 Å². The Balaban J connectivity index is 2.05. The van der Waals surface area contributed by atoms with Crippen molar-refractivity contribution in [1.29, 1.82) is 0 Å². The minimum atomic E-state index is -4.48. The van der Waals surface area contributed by atoms with Crippen LogP contribution in [0, 0.1) is 5.92 Å². The Morgan fingerprint density at radius 1 is 1.28 bits per heavy atom. The minimum Gasteiger partial charge on any atom is -0.493 e. The number of pyridine rings is 1. The molecule has 2 aromatic heterocycles. The van der Waals surface area contributed by atoms with E-state index in [0.717, 1.165) is 18.7 Å². The van der Waals surface area contributed by atoms with Crippen molar-refractivity contribution in [1.82, 2.24) is 9.97 Å². The highest BCUT2D eigenvalue weighted by Crippen LogP contribution is 2.33. The van der Waals surface area contributed by atoms with Crippen LogP contribution in [0.4, 0.5) is 13.2 Å². The molecule has 7 heteroatoms. The lowest BCUT2D eigenvalue weighted by Gasteiger charge is -2.11. The first kappa shape index (κ1) is 17.3. The monoisotopic (exact) mass is 350 g/mol. The molecule has 0 amide bonds. The fraction of sp³-hybridized carbons (Fsp3) is 0.333. The van der Waals surface area contributed by atoms with Crippen molar-refractivity contribution in [2.75, 3.05) is 6.61 Å². The van der Waals surface area contributed by atoms with E-state index < -0.39 is 11.7 Å². The largest absolute Gasteiger partial charge is 0.493 e. The second-order valence-corrected chi connectivity index (χ2v) is 5.57. The minimum absolute atomic E-state index is 0.0556. The molecular formula is C18H17F3N2O2. The molecule has 0 spiro atoms. The summed E-state index contributed by atoms with van der Waals surface area (Å²) in [4.78, 5) is 7.92. The molecule has 0 aromatic carbocycles. The van der Waals surface area contributed by atoms with E-state index in [0.29, 0.717) is 17.9 Å². The SMILES string of the molecule is CCOC1=CC(CC)C=CC=C1c1nc2cc(C(F)(F)F)cnc2o1. The normalized spacial score (nSPS) is 18.0. The van der Waals surface area contributed by atoms with E-state index in [1.165, 1.54) is 0 Å². The molecule has 2 aromatic rings. The highest BCUT2D eigenvalue weighted by molar-refractivity contribution is 5.79. The van der Waals surface area contributed by atoms with Crippen LogP contribution >= 0.6 is 0 Å². The number of halogens is 3. The predicted molar refractivity (Wildman–Crippen MR) is 87.4 cm³/mol. The summed E-state index contributed by atoms with van der Waals surface area (Å²) < 4.78 is 49.7. The Morgan fingerprint density at radius 2 is 2.08 bits per heavy atom. The van der Waals surface area contributed by atoms with Crippen LogP contribution in [0.2, 0.25) is 0 Å². The van der Waals surface area contributed by atoms with Crippen LogP contribution in [0.1, 0.15) is 31.7 Å². The highest BCUT2D eigenvalue weighted by Gasteiger charge is 2.32. The number of hydrogen-bond donors (Lipinski definition) is 0. The van der Waals surface area contributed by atoms with Gasteiger partial charge in [0.25, 0.3) is 0 Å². The lowest BCUT2D eigenvalue weighted by Crippen LogP contribution is -2.04. The molecule has 2 heterocycles. The van der Waals surface area contributed by atoms with Gasteiger partial charge < -0.3 is 9.15 Å². The molecule has 0 N–H and O–H groups in total. The number of alkyl halides is 3. The predicted octanol–water partition coefficient (Wildman–Crippen LogP) is 5.14. The zero-order valence-corrected chi connectivity index (χ0v) is 13.8. The average Bonchev–Trinajstić information content (AvgIpc) is 2.88. The number of aromatic nitrogens is 2. The molecule has 1 unspecified atom stereocenters. The van der Waals surface area contributed by atoms with Crippen molar-refractivity contribution < 1.29 is 22.3 Å². The Morgan fingerprint density at radius 3 is 2.76 bits per heavy atom. The molecule has 4 nitrogen and oxygen atoms in total. The fourth-order valence-electron chi connectivity index (χ4n) is 2.52. The van der Waals surface area contributed by atoms with E-state index in [4.69, 9.17) is 9.15 Å². The van der Waals surface area contributed by atoms with Gasteiger partial charge in [-0.05, 0) is 37.5 Å².